The molecule has 12 nitrogen and oxygen atoms in total. The minimum atomic E-state index is -1.37. The highest BCUT2D eigenvalue weighted by Crippen LogP contribution is 2.20. The van der Waals surface area contributed by atoms with Gasteiger partial charge in [0.2, 0.25) is 11.8 Å². The average Bonchev–Trinajstić information content (AvgIpc) is 2.84. The number of carbonyl (C=O) groups is 4. The van der Waals surface area contributed by atoms with Crippen molar-refractivity contribution in [3.05, 3.63) is 71.8 Å². The van der Waals surface area contributed by atoms with Gasteiger partial charge >= 0.3 is 11.9 Å². The molecule has 12 heteroatoms. The van der Waals surface area contributed by atoms with Crippen LogP contribution in [0.3, 0.4) is 0 Å². The van der Waals surface area contributed by atoms with Gasteiger partial charge in [-0.1, -0.05) is 60.7 Å². The third kappa shape index (κ3) is 8.09. The number of benzene rings is 2. The molecule has 0 aliphatic carbocycles. The number of aliphatic imine (C=N–C) groups is 1. The number of aliphatic carboxylic acids is 2. The Labute approximate surface area is 208 Å². The number of guanidine groups is 1. The van der Waals surface area contributed by atoms with Gasteiger partial charge in [-0.3, -0.25) is 19.6 Å². The lowest BCUT2D eigenvalue weighted by Gasteiger charge is -2.32. The maximum Gasteiger partial charge on any atom is 0.330 e. The number of nitrogens with two attached hydrogens (primary N) is 2. The molecule has 0 bridgehead atoms. The second kappa shape index (κ2) is 13.4. The Bertz CT molecular complexity index is 1080. The van der Waals surface area contributed by atoms with Crippen LogP contribution in [0.5, 0.6) is 0 Å². The van der Waals surface area contributed by atoms with Crippen LogP contribution in [-0.4, -0.2) is 57.5 Å². The first-order chi connectivity index (χ1) is 17.1. The van der Waals surface area contributed by atoms with Gasteiger partial charge in [-0.25, -0.2) is 15.0 Å². The Morgan fingerprint density at radius 2 is 1.42 bits per heavy atom. The van der Waals surface area contributed by atoms with Crippen LogP contribution in [0.15, 0.2) is 65.7 Å². The number of carbonyl (C=O) groups excluding carboxylic acids is 2. The summed E-state index contributed by atoms with van der Waals surface area (Å²) < 4.78 is 0. The molecule has 0 fully saturated rings. The third-order valence-corrected chi connectivity index (χ3v) is 5.20. The van der Waals surface area contributed by atoms with Crippen molar-refractivity contribution in [2.75, 3.05) is 6.54 Å². The summed E-state index contributed by atoms with van der Waals surface area (Å²) in [6, 6.07) is 12.3. The van der Waals surface area contributed by atoms with Gasteiger partial charge in [0.1, 0.15) is 12.1 Å². The van der Waals surface area contributed by atoms with E-state index in [1.807, 2.05) is 0 Å². The fraction of sp³-hybridized carbons (Fsp3) is 0.292. The van der Waals surface area contributed by atoms with E-state index in [0.29, 0.717) is 11.1 Å². The molecule has 2 aromatic rings. The van der Waals surface area contributed by atoms with Crippen molar-refractivity contribution in [2.24, 2.45) is 16.5 Å². The molecule has 0 heterocycles. The van der Waals surface area contributed by atoms with Gasteiger partial charge in [-0.2, -0.15) is 0 Å². The fourth-order valence-electron chi connectivity index (χ4n) is 3.48. The second-order valence-corrected chi connectivity index (χ2v) is 7.86. The van der Waals surface area contributed by atoms with E-state index in [2.05, 4.69) is 15.7 Å². The summed E-state index contributed by atoms with van der Waals surface area (Å²) >= 11 is 0. The van der Waals surface area contributed by atoms with Crippen LogP contribution in [0.2, 0.25) is 0 Å². The third-order valence-electron chi connectivity index (χ3n) is 5.20. The van der Waals surface area contributed by atoms with Crippen LogP contribution in [0.1, 0.15) is 43.0 Å². The van der Waals surface area contributed by atoms with Gasteiger partial charge in [-0.15, -0.1) is 0 Å². The maximum absolute atomic E-state index is 13.3. The molecule has 0 aromatic heterocycles. The number of hydrazine groups is 1. The van der Waals surface area contributed by atoms with Crippen molar-refractivity contribution in [3.63, 3.8) is 0 Å². The van der Waals surface area contributed by atoms with Crippen molar-refractivity contribution in [1.82, 2.24) is 15.8 Å². The molecule has 2 rings (SSSR count). The van der Waals surface area contributed by atoms with E-state index in [9.17, 15) is 29.4 Å². The number of nitrogens with one attached hydrogen (secondary N) is 2. The molecule has 0 saturated carbocycles. The van der Waals surface area contributed by atoms with E-state index in [1.165, 1.54) is 0 Å². The zero-order chi connectivity index (χ0) is 26.7. The van der Waals surface area contributed by atoms with Crippen molar-refractivity contribution in [2.45, 2.75) is 37.9 Å². The Morgan fingerprint density at radius 1 is 0.889 bits per heavy atom. The molecule has 0 radical (unpaired) electrons. The molecule has 0 aliphatic heterocycles. The Kier molecular flexibility index (Phi) is 10.4. The van der Waals surface area contributed by atoms with Gasteiger partial charge in [0.15, 0.2) is 12.0 Å². The molecule has 2 aromatic carbocycles. The number of carboxylic acids is 2. The van der Waals surface area contributed by atoms with E-state index in [0.717, 1.165) is 11.9 Å². The van der Waals surface area contributed by atoms with E-state index in [1.54, 1.807) is 60.7 Å². The minimum Gasteiger partial charge on any atom is -0.480 e. The predicted molar refractivity (Wildman–Crippen MR) is 131 cm³/mol. The van der Waals surface area contributed by atoms with Gasteiger partial charge < -0.3 is 27.0 Å². The summed E-state index contributed by atoms with van der Waals surface area (Å²) in [6.45, 7) is 1.31. The number of nitrogens with zero attached hydrogens (tertiary/aromatic N) is 2. The Morgan fingerprint density at radius 3 is 1.86 bits per heavy atom. The van der Waals surface area contributed by atoms with Crippen molar-refractivity contribution in [3.8, 4) is 0 Å². The molecule has 36 heavy (non-hydrogen) atoms. The molecule has 3 atom stereocenters. The highest BCUT2D eigenvalue weighted by Gasteiger charge is 2.34. The zero-order valence-corrected chi connectivity index (χ0v) is 19.7. The first-order valence-corrected chi connectivity index (χ1v) is 11.1. The van der Waals surface area contributed by atoms with Crippen LogP contribution in [0.25, 0.3) is 0 Å². The van der Waals surface area contributed by atoms with E-state index >= 15 is 0 Å². The largest absolute Gasteiger partial charge is 0.480 e. The van der Waals surface area contributed by atoms with Crippen molar-refractivity contribution < 1.29 is 29.4 Å². The molecular weight excluding hydrogens is 468 g/mol. The summed E-state index contributed by atoms with van der Waals surface area (Å²) in [5, 5.41) is 22.8. The molecule has 2 amide bonds. The quantitative estimate of drug-likeness (QED) is 0.0986. The van der Waals surface area contributed by atoms with Crippen LogP contribution >= 0.6 is 0 Å². The predicted octanol–water partition coefficient (Wildman–Crippen LogP) is 0.530. The Balaban J connectivity index is 2.35. The van der Waals surface area contributed by atoms with Crippen LogP contribution in [-0.2, 0) is 19.2 Å². The molecule has 2 unspecified atom stereocenters. The van der Waals surface area contributed by atoms with E-state index < -0.39 is 41.9 Å². The van der Waals surface area contributed by atoms with Gasteiger partial charge in [0, 0.05) is 13.5 Å². The Hall–Kier alpha value is -4.45. The lowest BCUT2D eigenvalue weighted by atomic mass is 10.0. The van der Waals surface area contributed by atoms with E-state index in [-0.39, 0.29) is 25.3 Å². The lowest BCUT2D eigenvalue weighted by Crippen LogP contribution is -2.56. The first kappa shape index (κ1) is 27.8. The SMILES string of the molecule is CC(=O)N(NC(C(=O)NC(C(=O)O)c1ccccc1)c1ccccc1)[C@@H](CCCN=C(N)N)C(=O)O. The monoisotopic (exact) mass is 498 g/mol. The molecule has 0 saturated heterocycles. The van der Waals surface area contributed by atoms with Gasteiger partial charge in [0.05, 0.1) is 0 Å². The minimum absolute atomic E-state index is 0.0103. The molecule has 0 aliphatic rings. The number of hydrogen-bond acceptors (Lipinski definition) is 6. The van der Waals surface area contributed by atoms with Crippen LogP contribution < -0.4 is 22.2 Å². The summed E-state index contributed by atoms with van der Waals surface area (Å²) in [5.74, 6) is -4.16. The van der Waals surface area contributed by atoms with E-state index in [4.69, 9.17) is 11.5 Å². The number of hydrogen-bond donors (Lipinski definition) is 6. The lowest BCUT2D eigenvalue weighted by molar-refractivity contribution is -0.154. The summed E-state index contributed by atoms with van der Waals surface area (Å²) in [4.78, 5) is 53.6. The summed E-state index contributed by atoms with van der Waals surface area (Å²) in [7, 11) is 0. The topological polar surface area (TPSA) is 200 Å². The number of carboxylic acid groups (broad SMARTS) is 2. The maximum atomic E-state index is 13.3. The van der Waals surface area contributed by atoms with Gasteiger partial charge in [-0.05, 0) is 24.0 Å². The molecule has 192 valence electrons. The zero-order valence-electron chi connectivity index (χ0n) is 19.7. The standard InChI is InChI=1S/C24H30N6O6/c1-15(31)30(18(22(33)34)13-8-14-27-24(25)26)29-19(16-9-4-2-5-10-16)21(32)28-20(23(35)36)17-11-6-3-7-12-17/h2-7,9-12,18-20,29H,8,13-14H2,1H3,(H,28,32)(H,33,34)(H,35,36)(H4,25,26,27)/t18-,19?,20?/m0/s1. The molecule has 0 spiro atoms. The highest BCUT2D eigenvalue weighted by atomic mass is 16.4. The smallest absolute Gasteiger partial charge is 0.330 e. The van der Waals surface area contributed by atoms with Crippen LogP contribution in [0.4, 0.5) is 0 Å². The normalized spacial score (nSPS) is 13.0. The number of rotatable bonds is 13. The van der Waals surface area contributed by atoms with Gasteiger partial charge in [0.25, 0.3) is 0 Å². The van der Waals surface area contributed by atoms with Crippen molar-refractivity contribution >= 4 is 29.7 Å². The molecule has 8 N–H and O–H groups in total. The first-order valence-electron chi connectivity index (χ1n) is 11.1. The van der Waals surface area contributed by atoms with Crippen molar-refractivity contribution in [1.29, 1.82) is 0 Å². The second-order valence-electron chi connectivity index (χ2n) is 7.86. The average molecular weight is 499 g/mol. The number of amides is 2. The van der Waals surface area contributed by atoms with Crippen LogP contribution in [0, 0.1) is 0 Å². The summed E-state index contributed by atoms with van der Waals surface area (Å²) in [6.07, 6.45) is 0.237. The summed E-state index contributed by atoms with van der Waals surface area (Å²) in [5.41, 5.74) is 14.0. The molecular formula is C24H30N6O6. The highest BCUT2D eigenvalue weighted by molar-refractivity contribution is 5.89. The fourth-order valence-corrected chi connectivity index (χ4v) is 3.48.